The van der Waals surface area contributed by atoms with Crippen molar-refractivity contribution in [3.05, 3.63) is 64.9 Å². The summed E-state index contributed by atoms with van der Waals surface area (Å²) in [5, 5.41) is 3.57. The average molecular weight is 344 g/mol. The van der Waals surface area contributed by atoms with Crippen LogP contribution in [0.5, 0.6) is 0 Å². The van der Waals surface area contributed by atoms with Crippen LogP contribution in [0.25, 0.3) is 10.2 Å². The number of nitrogens with one attached hydrogen (secondary N) is 1. The topological polar surface area (TPSA) is 51.2 Å². The predicted molar refractivity (Wildman–Crippen MR) is 92.4 cm³/mol. The highest BCUT2D eigenvalue weighted by Crippen LogP contribution is 2.21. The lowest BCUT2D eigenvalue weighted by Crippen LogP contribution is -2.29. The van der Waals surface area contributed by atoms with Gasteiger partial charge in [0.15, 0.2) is 0 Å². The van der Waals surface area contributed by atoms with Crippen molar-refractivity contribution in [2.75, 3.05) is 13.2 Å². The number of aromatic nitrogens is 1. The minimum Gasteiger partial charge on any atom is -0.364 e. The molecule has 0 aliphatic carbocycles. The van der Waals surface area contributed by atoms with E-state index in [2.05, 4.69) is 10.3 Å². The second-order valence-electron chi connectivity index (χ2n) is 5.26. The maximum absolute atomic E-state index is 13.4. The molecule has 24 heavy (non-hydrogen) atoms. The van der Waals surface area contributed by atoms with Crippen LogP contribution >= 0.6 is 11.3 Å². The molecule has 1 aromatic heterocycles. The molecule has 3 rings (SSSR count). The highest BCUT2D eigenvalue weighted by molar-refractivity contribution is 7.18. The van der Waals surface area contributed by atoms with E-state index < -0.39 is 0 Å². The van der Waals surface area contributed by atoms with Crippen molar-refractivity contribution in [2.45, 2.75) is 13.0 Å². The maximum atomic E-state index is 13.4. The molecule has 1 amide bonds. The van der Waals surface area contributed by atoms with E-state index in [4.69, 9.17) is 4.74 Å². The number of rotatable bonds is 7. The van der Waals surface area contributed by atoms with Gasteiger partial charge in [-0.25, -0.2) is 9.37 Å². The number of hydrogen-bond donors (Lipinski definition) is 1. The van der Waals surface area contributed by atoms with E-state index in [0.29, 0.717) is 25.1 Å². The third-order valence-corrected chi connectivity index (χ3v) is 4.48. The van der Waals surface area contributed by atoms with Gasteiger partial charge < -0.3 is 10.1 Å². The lowest BCUT2D eigenvalue weighted by molar-refractivity contribution is -0.126. The molecule has 0 fully saturated rings. The first-order valence-electron chi connectivity index (χ1n) is 7.64. The van der Waals surface area contributed by atoms with Crippen LogP contribution in [-0.4, -0.2) is 24.0 Å². The second-order valence-corrected chi connectivity index (χ2v) is 6.37. The summed E-state index contributed by atoms with van der Waals surface area (Å²) < 4.78 is 20.0. The number of benzene rings is 2. The van der Waals surface area contributed by atoms with Crippen LogP contribution in [0.15, 0.2) is 48.5 Å². The molecule has 1 N–H and O–H groups in total. The van der Waals surface area contributed by atoms with Gasteiger partial charge in [0.1, 0.15) is 17.4 Å². The normalized spacial score (nSPS) is 10.9. The Bertz CT molecular complexity index is 802. The number of thiazole rings is 1. The summed E-state index contributed by atoms with van der Waals surface area (Å²) in [4.78, 5) is 16.2. The number of fused-ring (bicyclic) bond motifs is 1. The number of para-hydroxylation sites is 1. The maximum Gasteiger partial charge on any atom is 0.246 e. The zero-order valence-corrected chi connectivity index (χ0v) is 13.8. The highest BCUT2D eigenvalue weighted by Gasteiger charge is 2.06. The first-order chi connectivity index (χ1) is 11.7. The van der Waals surface area contributed by atoms with E-state index >= 15 is 0 Å². The Balaban J connectivity index is 1.39. The molecule has 124 valence electrons. The van der Waals surface area contributed by atoms with Crippen molar-refractivity contribution in [2.24, 2.45) is 0 Å². The van der Waals surface area contributed by atoms with E-state index in [9.17, 15) is 9.18 Å². The Hall–Kier alpha value is -2.31. The van der Waals surface area contributed by atoms with Crippen molar-refractivity contribution in [3.8, 4) is 0 Å². The molecular formula is C18H17FN2O2S. The summed E-state index contributed by atoms with van der Waals surface area (Å²) >= 11 is 1.56. The summed E-state index contributed by atoms with van der Waals surface area (Å²) in [5.41, 5.74) is 1.53. The summed E-state index contributed by atoms with van der Waals surface area (Å²) in [6.07, 6.45) is 0.455. The molecule has 3 aromatic rings. The molecule has 0 saturated heterocycles. The summed E-state index contributed by atoms with van der Waals surface area (Å²) in [6, 6.07) is 14.4. The van der Waals surface area contributed by atoms with Crippen LogP contribution in [0.2, 0.25) is 0 Å². The Kier molecular flexibility index (Phi) is 5.51. The fraction of sp³-hybridized carbons (Fsp3) is 0.222. The van der Waals surface area contributed by atoms with Crippen molar-refractivity contribution >= 4 is 27.5 Å². The largest absolute Gasteiger partial charge is 0.364 e. The van der Waals surface area contributed by atoms with E-state index in [1.807, 2.05) is 24.3 Å². The minimum atomic E-state index is -0.251. The molecule has 0 bridgehead atoms. The van der Waals surface area contributed by atoms with Gasteiger partial charge in [-0.1, -0.05) is 30.3 Å². The zero-order valence-electron chi connectivity index (χ0n) is 13.0. The number of nitrogens with zero attached hydrogens (tertiary/aromatic N) is 1. The average Bonchev–Trinajstić information content (AvgIpc) is 2.99. The smallest absolute Gasteiger partial charge is 0.246 e. The van der Waals surface area contributed by atoms with Gasteiger partial charge in [0.05, 0.1) is 16.8 Å². The molecule has 0 atom stereocenters. The number of carbonyl (C=O) groups is 1. The predicted octanol–water partition coefficient (Wildman–Crippen LogP) is 3.31. The van der Waals surface area contributed by atoms with Crippen LogP contribution < -0.4 is 5.32 Å². The lowest BCUT2D eigenvalue weighted by Gasteiger charge is -2.06. The van der Waals surface area contributed by atoms with Crippen molar-refractivity contribution < 1.29 is 13.9 Å². The van der Waals surface area contributed by atoms with Crippen molar-refractivity contribution in [1.82, 2.24) is 10.3 Å². The molecule has 0 aliphatic rings. The molecular weight excluding hydrogens is 327 g/mol. The van der Waals surface area contributed by atoms with Crippen LogP contribution in [0, 0.1) is 5.82 Å². The monoisotopic (exact) mass is 344 g/mol. The van der Waals surface area contributed by atoms with Gasteiger partial charge in [-0.2, -0.15) is 0 Å². The van der Waals surface area contributed by atoms with Crippen LogP contribution in [-0.2, 0) is 22.6 Å². The number of carbonyl (C=O) groups excluding carboxylic acids is 1. The summed E-state index contributed by atoms with van der Waals surface area (Å²) in [5.74, 6) is -0.466. The van der Waals surface area contributed by atoms with Gasteiger partial charge >= 0.3 is 0 Å². The van der Waals surface area contributed by atoms with Gasteiger partial charge in [-0.05, 0) is 30.2 Å². The fourth-order valence-corrected chi connectivity index (χ4v) is 3.21. The van der Waals surface area contributed by atoms with Gasteiger partial charge in [-0.3, -0.25) is 4.79 Å². The van der Waals surface area contributed by atoms with Crippen LogP contribution in [0.4, 0.5) is 4.39 Å². The molecule has 4 nitrogen and oxygen atoms in total. The number of halogens is 1. The molecule has 6 heteroatoms. The first kappa shape index (κ1) is 16.5. The number of ether oxygens (including phenoxy) is 1. The van der Waals surface area contributed by atoms with Gasteiger partial charge in [0.2, 0.25) is 5.91 Å². The third-order valence-electron chi connectivity index (χ3n) is 3.47. The molecule has 0 spiro atoms. The van der Waals surface area contributed by atoms with Crippen molar-refractivity contribution in [1.29, 1.82) is 0 Å². The summed E-state index contributed by atoms with van der Waals surface area (Å²) in [7, 11) is 0. The van der Waals surface area contributed by atoms with E-state index in [1.54, 1.807) is 29.5 Å². The second kappa shape index (κ2) is 7.99. The standard InChI is InChI=1S/C18H17FN2O2S/c19-14-6-2-1-5-13(14)9-10-20-17(22)11-23-12-18-21-15-7-3-4-8-16(15)24-18/h1-8H,9-12H2,(H,20,22). The van der Waals surface area contributed by atoms with Crippen LogP contribution in [0.1, 0.15) is 10.6 Å². The molecule has 0 unspecified atom stereocenters. The molecule has 1 heterocycles. The van der Waals surface area contributed by atoms with Crippen molar-refractivity contribution in [3.63, 3.8) is 0 Å². The molecule has 0 aliphatic heterocycles. The van der Waals surface area contributed by atoms with E-state index in [0.717, 1.165) is 15.2 Å². The lowest BCUT2D eigenvalue weighted by atomic mass is 10.1. The Morgan fingerprint density at radius 3 is 2.79 bits per heavy atom. The van der Waals surface area contributed by atoms with Gasteiger partial charge in [0.25, 0.3) is 0 Å². The Morgan fingerprint density at radius 2 is 1.96 bits per heavy atom. The highest BCUT2D eigenvalue weighted by atomic mass is 32.1. The summed E-state index contributed by atoms with van der Waals surface area (Å²) in [6.45, 7) is 0.650. The Labute approximate surface area is 143 Å². The molecule has 0 saturated carbocycles. The SMILES string of the molecule is O=C(COCc1nc2ccccc2s1)NCCc1ccccc1F. The number of amides is 1. The zero-order chi connectivity index (χ0) is 16.8. The van der Waals surface area contributed by atoms with Crippen LogP contribution in [0.3, 0.4) is 0 Å². The quantitative estimate of drug-likeness (QED) is 0.715. The number of hydrogen-bond acceptors (Lipinski definition) is 4. The minimum absolute atomic E-state index is 0.0345. The Morgan fingerprint density at radius 1 is 1.17 bits per heavy atom. The van der Waals surface area contributed by atoms with E-state index in [-0.39, 0.29) is 18.3 Å². The molecule has 0 radical (unpaired) electrons. The van der Waals surface area contributed by atoms with Gasteiger partial charge in [-0.15, -0.1) is 11.3 Å². The van der Waals surface area contributed by atoms with Gasteiger partial charge in [0, 0.05) is 6.54 Å². The first-order valence-corrected chi connectivity index (χ1v) is 8.46. The van der Waals surface area contributed by atoms with E-state index in [1.165, 1.54) is 6.07 Å². The fourth-order valence-electron chi connectivity index (χ4n) is 2.30. The molecule has 2 aromatic carbocycles. The third kappa shape index (κ3) is 4.37.